The van der Waals surface area contributed by atoms with Crippen LogP contribution in [-0.2, 0) is 0 Å². The lowest BCUT2D eigenvalue weighted by atomic mass is 10.0. The number of hydrogen-bond donors (Lipinski definition) is 3. The molecule has 0 amide bonds. The molecule has 5 N–H and O–H groups in total. The maximum atomic E-state index is 13.5. The van der Waals surface area contributed by atoms with E-state index in [0.717, 1.165) is 16.9 Å². The Morgan fingerprint density at radius 2 is 2.00 bits per heavy atom. The first-order valence-electron chi connectivity index (χ1n) is 9.61. The van der Waals surface area contributed by atoms with Crippen molar-refractivity contribution in [3.05, 3.63) is 74.8 Å². The topological polar surface area (TPSA) is 169 Å². The third-order valence-electron chi connectivity index (χ3n) is 5.14. The molecule has 0 saturated carbocycles. The lowest BCUT2D eigenvalue weighted by Gasteiger charge is -2.06. The number of anilines is 2. The van der Waals surface area contributed by atoms with E-state index in [4.69, 9.17) is 20.4 Å². The number of ketones is 1. The number of aryl methyl sites for hydroxylation is 1. The Balaban J connectivity index is 1.74. The number of pyridine rings is 1. The molecule has 0 aliphatic rings. The molecule has 0 fully saturated rings. The largest absolute Gasteiger partial charge is 0.464 e. The maximum absolute atomic E-state index is 13.5. The molecule has 0 saturated heterocycles. The number of aromatic nitrogens is 3. The first-order chi connectivity index (χ1) is 15.9. The highest BCUT2D eigenvalue weighted by molar-refractivity contribution is 7.21. The first-order valence-corrected chi connectivity index (χ1v) is 10.4. The smallest absolute Gasteiger partial charge is 0.439 e. The van der Waals surface area contributed by atoms with Crippen molar-refractivity contribution in [3.8, 4) is 23.1 Å². The molecule has 162 valence electrons. The van der Waals surface area contributed by atoms with Gasteiger partial charge in [-0.05, 0) is 29.0 Å². The second-order valence-corrected chi connectivity index (χ2v) is 8.19. The zero-order valence-electron chi connectivity index (χ0n) is 17.1. The number of fused-ring (bicyclic) bond motifs is 1. The summed E-state index contributed by atoms with van der Waals surface area (Å²) in [6.07, 6.45) is 1.45. The lowest BCUT2D eigenvalue weighted by Crippen LogP contribution is -2.41. The molecule has 5 aromatic rings. The van der Waals surface area contributed by atoms with Gasteiger partial charge in [0.2, 0.25) is 5.69 Å². The zero-order valence-corrected chi connectivity index (χ0v) is 17.9. The molecule has 1 aromatic carbocycles. The number of rotatable bonds is 4. The fourth-order valence-electron chi connectivity index (χ4n) is 3.57. The number of carbonyl (C=O) groups is 1. The van der Waals surface area contributed by atoms with Gasteiger partial charge < -0.3 is 15.9 Å². The minimum atomic E-state index is -0.853. The van der Waals surface area contributed by atoms with E-state index in [1.54, 1.807) is 24.3 Å². The van der Waals surface area contributed by atoms with Gasteiger partial charge in [0.1, 0.15) is 32.9 Å². The summed E-state index contributed by atoms with van der Waals surface area (Å²) in [5.41, 5.74) is 13.3. The first kappa shape index (κ1) is 20.2. The van der Waals surface area contributed by atoms with Crippen molar-refractivity contribution in [3.63, 3.8) is 0 Å². The molecule has 0 bridgehead atoms. The Morgan fingerprint density at radius 1 is 1.24 bits per heavy atom. The lowest BCUT2D eigenvalue weighted by molar-refractivity contribution is -0.672. The number of nitriles is 1. The number of aromatic amines is 1. The van der Waals surface area contributed by atoms with Crippen LogP contribution in [0.4, 0.5) is 11.5 Å². The van der Waals surface area contributed by atoms with E-state index in [2.05, 4.69) is 10.3 Å². The normalized spacial score (nSPS) is 11.0. The van der Waals surface area contributed by atoms with Crippen molar-refractivity contribution < 1.29 is 18.4 Å². The fourth-order valence-corrected chi connectivity index (χ4v) is 4.62. The third-order valence-corrected chi connectivity index (χ3v) is 6.24. The van der Waals surface area contributed by atoms with Gasteiger partial charge in [-0.2, -0.15) is 5.26 Å². The molecule has 4 heterocycles. The van der Waals surface area contributed by atoms with Gasteiger partial charge in [-0.25, -0.2) is 9.78 Å². The van der Waals surface area contributed by atoms with Crippen molar-refractivity contribution in [1.82, 2.24) is 10.3 Å². The molecule has 0 radical (unpaired) electrons. The molecule has 0 atom stereocenters. The third kappa shape index (κ3) is 3.08. The molecule has 0 unspecified atom stereocenters. The Bertz CT molecular complexity index is 1640. The molecule has 5 rings (SSSR count). The van der Waals surface area contributed by atoms with Gasteiger partial charge in [-0.3, -0.25) is 9.32 Å². The van der Waals surface area contributed by atoms with Gasteiger partial charge in [-0.15, -0.1) is 11.3 Å². The van der Waals surface area contributed by atoms with E-state index in [1.807, 2.05) is 25.1 Å². The molecular formula is C22H15N6O4S+. The molecule has 0 aliphatic carbocycles. The van der Waals surface area contributed by atoms with Gasteiger partial charge in [0.05, 0.1) is 17.5 Å². The molecule has 11 heteroatoms. The number of furan rings is 1. The van der Waals surface area contributed by atoms with E-state index < -0.39 is 11.4 Å². The summed E-state index contributed by atoms with van der Waals surface area (Å²) in [7, 11) is 0. The fraction of sp³-hybridized carbons (Fsp3) is 0.0455. The van der Waals surface area contributed by atoms with Crippen molar-refractivity contribution in [1.29, 1.82) is 5.26 Å². The highest BCUT2D eigenvalue weighted by atomic mass is 32.1. The monoisotopic (exact) mass is 459 g/mol. The Hall–Kier alpha value is -4.69. The van der Waals surface area contributed by atoms with E-state index in [0.29, 0.717) is 27.2 Å². The highest BCUT2D eigenvalue weighted by Crippen LogP contribution is 2.43. The average Bonchev–Trinajstić information content (AvgIpc) is 3.53. The van der Waals surface area contributed by atoms with Gasteiger partial charge in [0, 0.05) is 17.5 Å². The summed E-state index contributed by atoms with van der Waals surface area (Å²) in [5.74, 6) is -0.328. The number of nitrogens with one attached hydrogen (secondary N) is 1. The number of nitrogens with two attached hydrogens (primary N) is 2. The van der Waals surface area contributed by atoms with E-state index in [1.165, 1.54) is 10.9 Å². The Labute approximate surface area is 189 Å². The number of thiophene rings is 1. The number of nitrogen functional groups attached to an aromatic ring is 2. The predicted octanol–water partition coefficient (Wildman–Crippen LogP) is 2.69. The van der Waals surface area contributed by atoms with Gasteiger partial charge in [0.15, 0.2) is 0 Å². The summed E-state index contributed by atoms with van der Waals surface area (Å²) in [5, 5.41) is 12.5. The number of nitrogens with zero attached hydrogens (tertiary/aromatic N) is 3. The van der Waals surface area contributed by atoms with E-state index >= 15 is 0 Å². The molecule has 4 aromatic heterocycles. The van der Waals surface area contributed by atoms with Gasteiger partial charge in [0.25, 0.3) is 5.78 Å². The summed E-state index contributed by atoms with van der Waals surface area (Å²) >= 11 is 0.966. The Kier molecular flexibility index (Phi) is 4.58. The van der Waals surface area contributed by atoms with Crippen molar-refractivity contribution >= 4 is 38.8 Å². The Morgan fingerprint density at radius 3 is 2.67 bits per heavy atom. The summed E-state index contributed by atoms with van der Waals surface area (Å²) in [6, 6.07) is 12.5. The van der Waals surface area contributed by atoms with Crippen LogP contribution in [0.3, 0.4) is 0 Å². The number of H-pyrrole nitrogens is 1. The number of carbonyl (C=O) groups excluding carboxylic acids is 1. The minimum absolute atomic E-state index is 0.0208. The standard InChI is InChI=1S/C22H14N6O4S/c1-10-4-6-11(7-5-10)28-17(22(30)32-27-28)18(29)19-16(24)15-14(13-3-2-8-31-13)12(9-23)20(25)26-21(15)33-19/h2-8H,1H3,(H4-,24,25,26,27,29,30)/p+1. The minimum Gasteiger partial charge on any atom is -0.464 e. The van der Waals surface area contributed by atoms with Crippen LogP contribution in [0.1, 0.15) is 26.5 Å². The second-order valence-electron chi connectivity index (χ2n) is 7.19. The predicted molar refractivity (Wildman–Crippen MR) is 120 cm³/mol. The van der Waals surface area contributed by atoms with Crippen LogP contribution in [0, 0.1) is 18.3 Å². The van der Waals surface area contributed by atoms with Crippen LogP contribution < -0.4 is 21.8 Å². The van der Waals surface area contributed by atoms with Crippen LogP contribution in [0.2, 0.25) is 0 Å². The van der Waals surface area contributed by atoms with Crippen LogP contribution in [0.5, 0.6) is 0 Å². The van der Waals surface area contributed by atoms with Gasteiger partial charge in [-0.1, -0.05) is 17.7 Å². The van der Waals surface area contributed by atoms with E-state index in [-0.39, 0.29) is 27.6 Å². The average molecular weight is 459 g/mol. The summed E-state index contributed by atoms with van der Waals surface area (Å²) < 4.78 is 11.6. The second kappa shape index (κ2) is 7.47. The van der Waals surface area contributed by atoms with Crippen LogP contribution >= 0.6 is 11.3 Å². The number of benzene rings is 1. The van der Waals surface area contributed by atoms with Crippen LogP contribution in [0.25, 0.3) is 27.2 Å². The zero-order chi connectivity index (χ0) is 23.3. The SMILES string of the molecule is Cc1ccc(-[n+]2[nH]oc(=O)c2C(=O)c2sc3nc(N)c(C#N)c(-c4ccco4)c3c2N)cc1. The van der Waals surface area contributed by atoms with Crippen molar-refractivity contribution in [2.75, 3.05) is 11.5 Å². The van der Waals surface area contributed by atoms with Crippen molar-refractivity contribution in [2.24, 2.45) is 0 Å². The molecule has 0 aliphatic heterocycles. The van der Waals surface area contributed by atoms with Gasteiger partial charge >= 0.3 is 11.3 Å². The number of hydrogen-bond acceptors (Lipinski definition) is 9. The maximum Gasteiger partial charge on any atom is 0.439 e. The highest BCUT2D eigenvalue weighted by Gasteiger charge is 2.35. The summed E-state index contributed by atoms with van der Waals surface area (Å²) in [6.45, 7) is 1.92. The van der Waals surface area contributed by atoms with E-state index in [9.17, 15) is 14.9 Å². The molecular weight excluding hydrogens is 444 g/mol. The quantitative estimate of drug-likeness (QED) is 0.272. The molecule has 10 nitrogen and oxygen atoms in total. The summed E-state index contributed by atoms with van der Waals surface area (Å²) in [4.78, 5) is 30.6. The van der Waals surface area contributed by atoms with Crippen molar-refractivity contribution in [2.45, 2.75) is 6.92 Å². The van der Waals surface area contributed by atoms with Crippen LogP contribution in [0.15, 0.2) is 56.4 Å². The van der Waals surface area contributed by atoms with Crippen LogP contribution in [-0.4, -0.2) is 16.0 Å². The molecule has 33 heavy (non-hydrogen) atoms. The molecule has 0 spiro atoms.